The molecule has 0 radical (unpaired) electrons. The van der Waals surface area contributed by atoms with Crippen LogP contribution in [0, 0.1) is 0 Å². The van der Waals surface area contributed by atoms with Gasteiger partial charge in [0.1, 0.15) is 0 Å². The molecule has 0 N–H and O–H groups in total. The summed E-state index contributed by atoms with van der Waals surface area (Å²) >= 11 is 3.61. The van der Waals surface area contributed by atoms with Crippen LogP contribution in [-0.4, -0.2) is 19.9 Å². The molecule has 14 rings (SSSR count). The number of hydrogen-bond acceptors (Lipinski definition) is 8. The minimum atomic E-state index is 0.647. The number of anilines is 6. The van der Waals surface area contributed by atoms with Crippen molar-refractivity contribution < 1.29 is 0 Å². The molecule has 0 saturated heterocycles. The molecule has 0 bridgehead atoms. The molecular formula is C66H42N6S2. The number of rotatable bonds is 8. The second-order valence-electron chi connectivity index (χ2n) is 18.2. The van der Waals surface area contributed by atoms with E-state index in [2.05, 4.69) is 216 Å². The van der Waals surface area contributed by atoms with Crippen LogP contribution in [0.25, 0.3) is 78.6 Å². The van der Waals surface area contributed by atoms with Crippen molar-refractivity contribution in [1.82, 2.24) is 19.9 Å². The number of benzene rings is 10. The van der Waals surface area contributed by atoms with Crippen molar-refractivity contribution >= 4 is 68.4 Å². The molecule has 12 aromatic rings. The van der Waals surface area contributed by atoms with Crippen molar-refractivity contribution in [2.45, 2.75) is 19.6 Å². The van der Waals surface area contributed by atoms with E-state index >= 15 is 0 Å². The molecule has 2 aliphatic rings. The Bertz CT molecular complexity index is 3620. The number of para-hydroxylation sites is 4. The van der Waals surface area contributed by atoms with Gasteiger partial charge in [0.05, 0.1) is 45.5 Å². The van der Waals surface area contributed by atoms with Gasteiger partial charge in [-0.2, -0.15) is 0 Å². The highest BCUT2D eigenvalue weighted by molar-refractivity contribution is 8.00. The standard InChI is InChI=1S/C66H42N6S2/c1-5-21-43(22-6-1)53-41-55(69-65(67-53)45-25-9-3-10-26-45)51-39-47(71-57-29-13-17-33-61(57)73-62-34-18-14-30-58(62)71)38-50-49(51)37-48(72-59-31-15-19-35-63(59)74-64-36-20-16-32-60(64)72)40-52(50)56-42-54(44-23-7-2-8-24-44)68-66(70-56)46-27-11-4-12-28-46/h1-42H. The Morgan fingerprint density at radius 2 is 0.541 bits per heavy atom. The van der Waals surface area contributed by atoms with Gasteiger partial charge >= 0.3 is 0 Å². The Balaban J connectivity index is 1.14. The van der Waals surface area contributed by atoms with Crippen molar-refractivity contribution in [3.05, 3.63) is 255 Å². The fraction of sp³-hybridized carbons (Fsp3) is 0. The maximum Gasteiger partial charge on any atom is 0.160 e. The molecule has 0 spiro atoms. The summed E-state index contributed by atoms with van der Waals surface area (Å²) in [6, 6.07) is 90.0. The summed E-state index contributed by atoms with van der Waals surface area (Å²) in [4.78, 5) is 31.3. The van der Waals surface area contributed by atoms with Crippen molar-refractivity contribution in [2.75, 3.05) is 9.80 Å². The van der Waals surface area contributed by atoms with Gasteiger partial charge in [-0.25, -0.2) is 19.9 Å². The van der Waals surface area contributed by atoms with E-state index in [-0.39, 0.29) is 0 Å². The van der Waals surface area contributed by atoms with Gasteiger partial charge in [-0.15, -0.1) is 0 Å². The third-order valence-electron chi connectivity index (χ3n) is 13.6. The van der Waals surface area contributed by atoms with E-state index in [1.165, 1.54) is 19.6 Å². The first kappa shape index (κ1) is 43.7. The maximum atomic E-state index is 5.57. The van der Waals surface area contributed by atoms with Crippen LogP contribution in [0.5, 0.6) is 0 Å². The van der Waals surface area contributed by atoms with Gasteiger partial charge in [0.25, 0.3) is 0 Å². The minimum absolute atomic E-state index is 0.647. The Morgan fingerprint density at radius 3 is 0.878 bits per heavy atom. The summed E-state index contributed by atoms with van der Waals surface area (Å²) in [5, 5.41) is 2.03. The number of nitrogens with zero attached hydrogens (tertiary/aromatic N) is 6. The van der Waals surface area contributed by atoms with Crippen LogP contribution in [0.1, 0.15) is 0 Å². The summed E-state index contributed by atoms with van der Waals surface area (Å²) in [6.45, 7) is 0. The van der Waals surface area contributed by atoms with Crippen LogP contribution in [0.2, 0.25) is 0 Å². The number of fused-ring (bicyclic) bond motifs is 5. The third-order valence-corrected chi connectivity index (χ3v) is 15.9. The largest absolute Gasteiger partial charge is 0.308 e. The van der Waals surface area contributed by atoms with Gasteiger partial charge in [-0.05, 0) is 95.7 Å². The first-order valence-corrected chi connectivity index (χ1v) is 26.2. The molecule has 2 aliphatic heterocycles. The molecule has 8 heteroatoms. The normalized spacial score (nSPS) is 12.4. The molecule has 74 heavy (non-hydrogen) atoms. The molecule has 6 nitrogen and oxygen atoms in total. The predicted octanol–water partition coefficient (Wildman–Crippen LogP) is 18.3. The van der Waals surface area contributed by atoms with Gasteiger partial charge in [0.2, 0.25) is 0 Å². The second kappa shape index (κ2) is 18.5. The molecule has 0 saturated carbocycles. The number of aromatic nitrogens is 4. The third kappa shape index (κ3) is 7.88. The smallest absolute Gasteiger partial charge is 0.160 e. The van der Waals surface area contributed by atoms with Gasteiger partial charge in [0.15, 0.2) is 11.6 Å². The van der Waals surface area contributed by atoms with Crippen LogP contribution in [0.15, 0.2) is 274 Å². The van der Waals surface area contributed by atoms with Crippen LogP contribution >= 0.6 is 23.5 Å². The molecular weight excluding hydrogens is 941 g/mol. The monoisotopic (exact) mass is 982 g/mol. The van der Waals surface area contributed by atoms with E-state index in [4.69, 9.17) is 19.9 Å². The van der Waals surface area contributed by atoms with E-state index in [1.54, 1.807) is 23.5 Å². The van der Waals surface area contributed by atoms with E-state index in [0.29, 0.717) is 11.6 Å². The Kier molecular flexibility index (Phi) is 10.9. The Hall–Kier alpha value is -9.08. The summed E-state index contributed by atoms with van der Waals surface area (Å²) in [5.41, 5.74) is 15.5. The highest BCUT2D eigenvalue weighted by Crippen LogP contribution is 2.55. The van der Waals surface area contributed by atoms with Gasteiger partial charge in [0, 0.05) is 64.3 Å². The molecule has 0 aliphatic carbocycles. The van der Waals surface area contributed by atoms with E-state index < -0.39 is 0 Å². The quantitative estimate of drug-likeness (QED) is 0.149. The molecule has 348 valence electrons. The topological polar surface area (TPSA) is 58.0 Å². The fourth-order valence-corrected chi connectivity index (χ4v) is 12.3. The lowest BCUT2D eigenvalue weighted by Crippen LogP contribution is -2.16. The summed E-state index contributed by atoms with van der Waals surface area (Å²) in [5.74, 6) is 1.29. The van der Waals surface area contributed by atoms with Crippen molar-refractivity contribution in [3.63, 3.8) is 0 Å². The predicted molar refractivity (Wildman–Crippen MR) is 305 cm³/mol. The molecule has 10 aromatic carbocycles. The van der Waals surface area contributed by atoms with Gasteiger partial charge in [-0.3, -0.25) is 0 Å². The van der Waals surface area contributed by atoms with E-state index in [0.717, 1.165) is 101 Å². The maximum absolute atomic E-state index is 5.57. The average molecular weight is 983 g/mol. The molecule has 0 atom stereocenters. The zero-order valence-electron chi connectivity index (χ0n) is 39.7. The zero-order chi connectivity index (χ0) is 49.0. The average Bonchev–Trinajstić information content (AvgIpc) is 3.48. The van der Waals surface area contributed by atoms with Gasteiger partial charge < -0.3 is 9.80 Å². The van der Waals surface area contributed by atoms with Crippen molar-refractivity contribution in [3.8, 4) is 67.8 Å². The molecule has 4 heterocycles. The van der Waals surface area contributed by atoms with Crippen molar-refractivity contribution in [1.29, 1.82) is 0 Å². The summed E-state index contributed by atoms with van der Waals surface area (Å²) < 4.78 is 0. The van der Waals surface area contributed by atoms with Crippen LogP contribution in [-0.2, 0) is 0 Å². The highest BCUT2D eigenvalue weighted by Gasteiger charge is 2.30. The first-order valence-electron chi connectivity index (χ1n) is 24.6. The molecule has 0 fully saturated rings. The van der Waals surface area contributed by atoms with E-state index in [1.807, 2.05) is 48.5 Å². The molecule has 2 aromatic heterocycles. The fourth-order valence-electron chi connectivity index (χ4n) is 10.2. The van der Waals surface area contributed by atoms with Gasteiger partial charge in [-0.1, -0.05) is 193 Å². The first-order chi connectivity index (χ1) is 36.7. The van der Waals surface area contributed by atoms with Crippen LogP contribution in [0.4, 0.5) is 34.1 Å². The summed E-state index contributed by atoms with van der Waals surface area (Å²) in [7, 11) is 0. The SMILES string of the molecule is c1ccc(-c2cc(-c3cc(N4c5ccccc5Sc5ccccc54)cc4c(-c5cc(-c6ccccc6)nc(-c6ccccc6)n5)cc(N5c6ccccc6Sc6ccccc65)cc34)nc(-c3ccccc3)n2)cc1. The van der Waals surface area contributed by atoms with E-state index in [9.17, 15) is 0 Å². The minimum Gasteiger partial charge on any atom is -0.308 e. The lowest BCUT2D eigenvalue weighted by molar-refractivity contribution is 1.16. The zero-order valence-corrected chi connectivity index (χ0v) is 41.4. The summed E-state index contributed by atoms with van der Waals surface area (Å²) in [6.07, 6.45) is 0. The highest BCUT2D eigenvalue weighted by atomic mass is 32.2. The lowest BCUT2D eigenvalue weighted by Gasteiger charge is -2.34. The van der Waals surface area contributed by atoms with Crippen LogP contribution < -0.4 is 9.80 Å². The number of hydrogen-bond donors (Lipinski definition) is 0. The molecule has 0 amide bonds. The van der Waals surface area contributed by atoms with Crippen LogP contribution in [0.3, 0.4) is 0 Å². The molecule has 0 unspecified atom stereocenters. The Labute approximate surface area is 437 Å². The lowest BCUT2D eigenvalue weighted by atomic mass is 9.92. The second-order valence-corrected chi connectivity index (χ2v) is 20.4. The van der Waals surface area contributed by atoms with Crippen molar-refractivity contribution in [2.24, 2.45) is 0 Å². The Morgan fingerprint density at radius 1 is 0.257 bits per heavy atom.